The fourth-order valence-electron chi connectivity index (χ4n) is 3.18. The van der Waals surface area contributed by atoms with Crippen LogP contribution in [0.4, 0.5) is 17.1 Å². The molecule has 132 valence electrons. The number of rotatable bonds is 6. The third kappa shape index (κ3) is 4.22. The van der Waals surface area contributed by atoms with Crippen molar-refractivity contribution in [3.05, 3.63) is 54.1 Å². The number of anilines is 3. The molecule has 1 aliphatic rings. The van der Waals surface area contributed by atoms with E-state index in [0.29, 0.717) is 16.9 Å². The minimum Gasteiger partial charge on any atom is -0.397 e. The van der Waals surface area contributed by atoms with Gasteiger partial charge in [-0.05, 0) is 24.3 Å². The Kier molecular flexibility index (Phi) is 5.40. The van der Waals surface area contributed by atoms with Gasteiger partial charge in [-0.2, -0.15) is 0 Å². The lowest BCUT2D eigenvalue weighted by atomic mass is 10.1. The zero-order valence-electron chi connectivity index (χ0n) is 14.3. The number of carbonyl (C=O) groups is 1. The number of hydrogen-bond donors (Lipinski definition) is 3. The maximum absolute atomic E-state index is 11.5. The Morgan fingerprint density at radius 2 is 1.72 bits per heavy atom. The number of nitrogens with zero attached hydrogens (tertiary/aromatic N) is 2. The molecule has 0 aliphatic carbocycles. The smallest absolute Gasteiger partial charge is 0.250 e. The molecular weight excluding hydrogens is 314 g/mol. The standard InChI is InChI=1S/C19H25N5O/c20-17-8-4-7-16(19(21)25)18(17)22-9-10-23-11-13-24(14-12-23)15-5-2-1-3-6-15/h1-8,22H,9-14,20H2,(H2,21,25). The Morgan fingerprint density at radius 3 is 2.40 bits per heavy atom. The monoisotopic (exact) mass is 339 g/mol. The topological polar surface area (TPSA) is 87.6 Å². The Morgan fingerprint density at radius 1 is 1.00 bits per heavy atom. The molecule has 25 heavy (non-hydrogen) atoms. The van der Waals surface area contributed by atoms with E-state index in [1.807, 2.05) is 6.07 Å². The first-order chi connectivity index (χ1) is 12.1. The van der Waals surface area contributed by atoms with Crippen LogP contribution in [0.3, 0.4) is 0 Å². The maximum Gasteiger partial charge on any atom is 0.250 e. The van der Waals surface area contributed by atoms with Gasteiger partial charge in [0, 0.05) is 45.0 Å². The summed E-state index contributed by atoms with van der Waals surface area (Å²) < 4.78 is 0. The third-order valence-electron chi connectivity index (χ3n) is 4.59. The Hall–Kier alpha value is -2.73. The molecule has 2 aromatic rings. The molecule has 0 saturated carbocycles. The number of piperazine rings is 1. The van der Waals surface area contributed by atoms with E-state index in [0.717, 1.165) is 39.3 Å². The molecule has 6 nitrogen and oxygen atoms in total. The van der Waals surface area contributed by atoms with Gasteiger partial charge in [-0.3, -0.25) is 9.69 Å². The summed E-state index contributed by atoms with van der Waals surface area (Å²) in [6.45, 7) is 5.69. The normalized spacial score (nSPS) is 15.1. The third-order valence-corrected chi connectivity index (χ3v) is 4.59. The predicted molar refractivity (Wildman–Crippen MR) is 103 cm³/mol. The van der Waals surface area contributed by atoms with E-state index in [9.17, 15) is 4.79 Å². The lowest BCUT2D eigenvalue weighted by Crippen LogP contribution is -2.47. The van der Waals surface area contributed by atoms with Gasteiger partial charge in [-0.1, -0.05) is 24.3 Å². The number of nitrogens with two attached hydrogens (primary N) is 2. The van der Waals surface area contributed by atoms with Crippen LogP contribution in [-0.2, 0) is 0 Å². The maximum atomic E-state index is 11.5. The summed E-state index contributed by atoms with van der Waals surface area (Å²) in [5.41, 5.74) is 14.3. The van der Waals surface area contributed by atoms with Gasteiger partial charge in [-0.15, -0.1) is 0 Å². The summed E-state index contributed by atoms with van der Waals surface area (Å²) in [5.74, 6) is -0.466. The molecule has 0 radical (unpaired) electrons. The average Bonchev–Trinajstić information content (AvgIpc) is 2.64. The molecule has 1 aliphatic heterocycles. The minimum atomic E-state index is -0.466. The molecule has 6 heteroatoms. The molecule has 0 bridgehead atoms. The Bertz CT molecular complexity index is 711. The molecule has 0 atom stereocenters. The lowest BCUT2D eigenvalue weighted by Gasteiger charge is -2.36. The van der Waals surface area contributed by atoms with E-state index in [1.165, 1.54) is 5.69 Å². The summed E-state index contributed by atoms with van der Waals surface area (Å²) in [7, 11) is 0. The molecule has 3 rings (SSSR count). The molecule has 0 aromatic heterocycles. The molecule has 1 fully saturated rings. The molecule has 1 saturated heterocycles. The van der Waals surface area contributed by atoms with Crippen LogP contribution in [-0.4, -0.2) is 50.1 Å². The van der Waals surface area contributed by atoms with Crippen LogP contribution in [0.15, 0.2) is 48.5 Å². The van der Waals surface area contributed by atoms with Crippen molar-refractivity contribution in [3.63, 3.8) is 0 Å². The summed E-state index contributed by atoms with van der Waals surface area (Å²) in [6, 6.07) is 15.7. The van der Waals surface area contributed by atoms with Crippen LogP contribution in [0.25, 0.3) is 0 Å². The SMILES string of the molecule is NC(=O)c1cccc(N)c1NCCN1CCN(c2ccccc2)CC1. The van der Waals surface area contributed by atoms with Gasteiger partial charge in [-0.25, -0.2) is 0 Å². The van der Waals surface area contributed by atoms with E-state index in [4.69, 9.17) is 11.5 Å². The quantitative estimate of drug-likeness (QED) is 0.696. The van der Waals surface area contributed by atoms with Crippen LogP contribution < -0.4 is 21.7 Å². The first-order valence-corrected chi connectivity index (χ1v) is 8.59. The van der Waals surface area contributed by atoms with Gasteiger partial charge >= 0.3 is 0 Å². The Labute approximate surface area is 148 Å². The number of carbonyl (C=O) groups excluding carboxylic acids is 1. The van der Waals surface area contributed by atoms with E-state index in [-0.39, 0.29) is 0 Å². The van der Waals surface area contributed by atoms with Gasteiger partial charge in [0.15, 0.2) is 0 Å². The van der Waals surface area contributed by atoms with E-state index in [1.54, 1.807) is 18.2 Å². The highest BCUT2D eigenvalue weighted by Gasteiger charge is 2.17. The van der Waals surface area contributed by atoms with Gasteiger partial charge in [0.05, 0.1) is 16.9 Å². The first kappa shape index (κ1) is 17.1. The van der Waals surface area contributed by atoms with Crippen LogP contribution in [0.1, 0.15) is 10.4 Å². The lowest BCUT2D eigenvalue weighted by molar-refractivity contribution is 0.100. The number of nitrogen functional groups attached to an aromatic ring is 1. The number of para-hydroxylation sites is 2. The van der Waals surface area contributed by atoms with Crippen molar-refractivity contribution in [1.29, 1.82) is 0 Å². The van der Waals surface area contributed by atoms with Crippen molar-refractivity contribution in [1.82, 2.24) is 4.90 Å². The number of primary amides is 1. The molecule has 0 spiro atoms. The van der Waals surface area contributed by atoms with Crippen LogP contribution in [0.5, 0.6) is 0 Å². The van der Waals surface area contributed by atoms with Crippen molar-refractivity contribution >= 4 is 23.0 Å². The fraction of sp³-hybridized carbons (Fsp3) is 0.316. The number of benzene rings is 2. The van der Waals surface area contributed by atoms with Crippen molar-refractivity contribution in [2.24, 2.45) is 5.73 Å². The van der Waals surface area contributed by atoms with Crippen LogP contribution in [0, 0.1) is 0 Å². The molecule has 1 heterocycles. The van der Waals surface area contributed by atoms with Crippen molar-refractivity contribution in [3.8, 4) is 0 Å². The minimum absolute atomic E-state index is 0.439. The van der Waals surface area contributed by atoms with Crippen molar-refractivity contribution < 1.29 is 4.79 Å². The molecular formula is C19H25N5O. The fourth-order valence-corrected chi connectivity index (χ4v) is 3.18. The van der Waals surface area contributed by atoms with Crippen LogP contribution >= 0.6 is 0 Å². The van der Waals surface area contributed by atoms with E-state index < -0.39 is 5.91 Å². The van der Waals surface area contributed by atoms with Gasteiger partial charge in [0.1, 0.15) is 0 Å². The molecule has 1 amide bonds. The molecule has 5 N–H and O–H groups in total. The summed E-state index contributed by atoms with van der Waals surface area (Å²) in [5, 5.41) is 3.27. The average molecular weight is 339 g/mol. The van der Waals surface area contributed by atoms with E-state index in [2.05, 4.69) is 39.4 Å². The molecule has 2 aromatic carbocycles. The number of nitrogens with one attached hydrogen (secondary N) is 1. The summed E-state index contributed by atoms with van der Waals surface area (Å²) in [6.07, 6.45) is 0. The van der Waals surface area contributed by atoms with Gasteiger partial charge < -0.3 is 21.7 Å². The highest BCUT2D eigenvalue weighted by atomic mass is 16.1. The summed E-state index contributed by atoms with van der Waals surface area (Å²) >= 11 is 0. The van der Waals surface area contributed by atoms with Gasteiger partial charge in [0.2, 0.25) is 0 Å². The highest BCUT2D eigenvalue weighted by Crippen LogP contribution is 2.23. The zero-order chi connectivity index (χ0) is 17.6. The summed E-state index contributed by atoms with van der Waals surface area (Å²) in [4.78, 5) is 16.3. The second kappa shape index (κ2) is 7.90. The van der Waals surface area contributed by atoms with Crippen molar-refractivity contribution in [2.45, 2.75) is 0 Å². The second-order valence-corrected chi connectivity index (χ2v) is 6.23. The van der Waals surface area contributed by atoms with Gasteiger partial charge in [0.25, 0.3) is 5.91 Å². The Balaban J connectivity index is 1.49. The molecule has 0 unspecified atom stereocenters. The largest absolute Gasteiger partial charge is 0.397 e. The second-order valence-electron chi connectivity index (χ2n) is 6.23. The highest BCUT2D eigenvalue weighted by molar-refractivity contribution is 6.01. The van der Waals surface area contributed by atoms with Crippen LogP contribution in [0.2, 0.25) is 0 Å². The van der Waals surface area contributed by atoms with Crippen molar-refractivity contribution in [2.75, 3.05) is 55.2 Å². The number of amides is 1. The predicted octanol–water partition coefficient (Wildman–Crippen LogP) is 1.60. The number of hydrogen-bond acceptors (Lipinski definition) is 5. The zero-order valence-corrected chi connectivity index (χ0v) is 14.3. The van der Waals surface area contributed by atoms with E-state index >= 15 is 0 Å². The first-order valence-electron chi connectivity index (χ1n) is 8.59.